The first-order valence-corrected chi connectivity index (χ1v) is 7.31. The second-order valence-corrected chi connectivity index (χ2v) is 5.79. The Labute approximate surface area is 121 Å². The fourth-order valence-corrected chi connectivity index (χ4v) is 2.78. The zero-order valence-electron chi connectivity index (χ0n) is 11.0. The molecule has 0 spiro atoms. The summed E-state index contributed by atoms with van der Waals surface area (Å²) >= 11 is 3.36. The zero-order valence-corrected chi connectivity index (χ0v) is 12.6. The Balaban J connectivity index is 2.11. The number of carbonyl (C=O) groups excluding carboxylic acids is 1. The highest BCUT2D eigenvalue weighted by Gasteiger charge is 2.24. The first-order chi connectivity index (χ1) is 9.11. The molecular weight excluding hydrogens is 308 g/mol. The van der Waals surface area contributed by atoms with Gasteiger partial charge in [0.2, 0.25) is 0 Å². The van der Waals surface area contributed by atoms with Gasteiger partial charge in [0.05, 0.1) is 12.7 Å². The van der Waals surface area contributed by atoms with Gasteiger partial charge in [-0.25, -0.2) is 0 Å². The number of benzene rings is 1. The third-order valence-electron chi connectivity index (χ3n) is 3.54. The second-order valence-electron chi connectivity index (χ2n) is 4.87. The summed E-state index contributed by atoms with van der Waals surface area (Å²) < 4.78 is 6.13. The number of amides is 1. The lowest BCUT2D eigenvalue weighted by atomic mass is 9.91. The maximum Gasteiger partial charge on any atom is 0.255 e. The Morgan fingerprint density at radius 3 is 2.84 bits per heavy atom. The molecule has 1 fully saturated rings. The smallest absolute Gasteiger partial charge is 0.255 e. The van der Waals surface area contributed by atoms with E-state index in [-0.39, 0.29) is 18.0 Å². The van der Waals surface area contributed by atoms with Crippen LogP contribution in [0.3, 0.4) is 0 Å². The van der Waals surface area contributed by atoms with E-state index in [1.165, 1.54) is 0 Å². The van der Waals surface area contributed by atoms with Crippen molar-refractivity contribution in [2.24, 2.45) is 5.73 Å². The summed E-state index contributed by atoms with van der Waals surface area (Å²) in [7, 11) is 1.56. The van der Waals surface area contributed by atoms with Crippen molar-refractivity contribution in [3.8, 4) is 5.75 Å². The standard InChI is InChI=1S/C14H19BrN2O2/c1-19-13-8-9(15)6-7-10(13)14(18)17-12-5-3-2-4-11(12)16/h6-8,11-12H,2-5,16H2,1H3,(H,17,18). The van der Waals surface area contributed by atoms with Crippen LogP contribution < -0.4 is 15.8 Å². The number of ether oxygens (including phenoxy) is 1. The molecule has 1 amide bonds. The van der Waals surface area contributed by atoms with Crippen LogP contribution in [-0.4, -0.2) is 25.1 Å². The van der Waals surface area contributed by atoms with E-state index < -0.39 is 0 Å². The van der Waals surface area contributed by atoms with Crippen molar-refractivity contribution in [3.63, 3.8) is 0 Å². The highest BCUT2D eigenvalue weighted by Crippen LogP contribution is 2.24. The minimum absolute atomic E-state index is 0.0548. The highest BCUT2D eigenvalue weighted by molar-refractivity contribution is 9.10. The maximum atomic E-state index is 12.3. The van der Waals surface area contributed by atoms with Crippen LogP contribution in [0.25, 0.3) is 0 Å². The Kier molecular flexibility index (Phi) is 4.82. The Hall–Kier alpha value is -1.07. The Morgan fingerprint density at radius 1 is 1.42 bits per heavy atom. The van der Waals surface area contributed by atoms with Crippen LogP contribution in [0.15, 0.2) is 22.7 Å². The fourth-order valence-electron chi connectivity index (χ4n) is 2.44. The van der Waals surface area contributed by atoms with Crippen molar-refractivity contribution in [1.29, 1.82) is 0 Å². The predicted octanol–water partition coefficient (Wildman–Crippen LogP) is 2.46. The average molecular weight is 327 g/mol. The van der Waals surface area contributed by atoms with Gasteiger partial charge in [0.1, 0.15) is 5.75 Å². The molecule has 1 aliphatic carbocycles. The molecule has 1 aromatic carbocycles. The first-order valence-electron chi connectivity index (χ1n) is 6.52. The van der Waals surface area contributed by atoms with Gasteiger partial charge in [-0.15, -0.1) is 0 Å². The number of rotatable bonds is 3. The van der Waals surface area contributed by atoms with Crippen molar-refractivity contribution in [2.45, 2.75) is 37.8 Å². The van der Waals surface area contributed by atoms with Crippen molar-refractivity contribution >= 4 is 21.8 Å². The van der Waals surface area contributed by atoms with E-state index >= 15 is 0 Å². The van der Waals surface area contributed by atoms with Crippen LogP contribution in [0.5, 0.6) is 5.75 Å². The zero-order chi connectivity index (χ0) is 13.8. The van der Waals surface area contributed by atoms with Gasteiger partial charge >= 0.3 is 0 Å². The van der Waals surface area contributed by atoms with Crippen LogP contribution in [0.4, 0.5) is 0 Å². The van der Waals surface area contributed by atoms with Gasteiger partial charge in [0, 0.05) is 16.6 Å². The number of nitrogens with two attached hydrogens (primary N) is 1. The second kappa shape index (κ2) is 6.39. The number of nitrogens with one attached hydrogen (secondary N) is 1. The highest BCUT2D eigenvalue weighted by atomic mass is 79.9. The minimum Gasteiger partial charge on any atom is -0.496 e. The summed E-state index contributed by atoms with van der Waals surface area (Å²) in [5.41, 5.74) is 6.59. The molecule has 0 aromatic heterocycles. The van der Waals surface area contributed by atoms with Gasteiger partial charge in [0.25, 0.3) is 5.91 Å². The Bertz CT molecular complexity index is 465. The molecule has 5 heteroatoms. The molecule has 1 aliphatic rings. The van der Waals surface area contributed by atoms with Gasteiger partial charge in [0.15, 0.2) is 0 Å². The molecule has 0 radical (unpaired) electrons. The number of hydrogen-bond acceptors (Lipinski definition) is 3. The van der Waals surface area contributed by atoms with E-state index in [2.05, 4.69) is 21.2 Å². The van der Waals surface area contributed by atoms with Gasteiger partial charge in [-0.05, 0) is 31.0 Å². The molecule has 2 unspecified atom stereocenters. The monoisotopic (exact) mass is 326 g/mol. The molecule has 2 atom stereocenters. The molecule has 104 valence electrons. The van der Waals surface area contributed by atoms with E-state index in [0.29, 0.717) is 11.3 Å². The molecular formula is C14H19BrN2O2. The van der Waals surface area contributed by atoms with E-state index in [0.717, 1.165) is 30.2 Å². The van der Waals surface area contributed by atoms with Gasteiger partial charge in [-0.2, -0.15) is 0 Å². The van der Waals surface area contributed by atoms with Crippen LogP contribution in [0.1, 0.15) is 36.0 Å². The molecule has 0 aliphatic heterocycles. The summed E-state index contributed by atoms with van der Waals surface area (Å²) in [4.78, 5) is 12.3. The third kappa shape index (κ3) is 3.48. The first kappa shape index (κ1) is 14.3. The summed E-state index contributed by atoms with van der Waals surface area (Å²) in [6, 6.07) is 5.49. The molecule has 19 heavy (non-hydrogen) atoms. The molecule has 2 rings (SSSR count). The van der Waals surface area contributed by atoms with E-state index in [1.807, 2.05) is 6.07 Å². The van der Waals surface area contributed by atoms with E-state index in [9.17, 15) is 4.79 Å². The van der Waals surface area contributed by atoms with Crippen LogP contribution >= 0.6 is 15.9 Å². The summed E-state index contributed by atoms with van der Waals surface area (Å²) in [5, 5.41) is 3.02. The quantitative estimate of drug-likeness (QED) is 0.896. The van der Waals surface area contributed by atoms with Crippen molar-refractivity contribution in [3.05, 3.63) is 28.2 Å². The van der Waals surface area contributed by atoms with Crippen molar-refractivity contribution in [2.75, 3.05) is 7.11 Å². The molecule has 0 saturated heterocycles. The lowest BCUT2D eigenvalue weighted by Gasteiger charge is -2.29. The fraction of sp³-hybridized carbons (Fsp3) is 0.500. The van der Waals surface area contributed by atoms with Crippen LogP contribution in [0.2, 0.25) is 0 Å². The number of methoxy groups -OCH3 is 1. The molecule has 4 nitrogen and oxygen atoms in total. The van der Waals surface area contributed by atoms with Gasteiger partial charge in [-0.3, -0.25) is 4.79 Å². The van der Waals surface area contributed by atoms with Crippen LogP contribution in [0, 0.1) is 0 Å². The topological polar surface area (TPSA) is 64.3 Å². The molecule has 3 N–H and O–H groups in total. The van der Waals surface area contributed by atoms with Gasteiger partial charge in [-0.1, -0.05) is 28.8 Å². The van der Waals surface area contributed by atoms with Crippen molar-refractivity contribution in [1.82, 2.24) is 5.32 Å². The average Bonchev–Trinajstić information content (AvgIpc) is 2.41. The SMILES string of the molecule is COc1cc(Br)ccc1C(=O)NC1CCCCC1N. The predicted molar refractivity (Wildman–Crippen MR) is 78.4 cm³/mol. The van der Waals surface area contributed by atoms with E-state index in [4.69, 9.17) is 10.5 Å². The lowest BCUT2D eigenvalue weighted by Crippen LogP contribution is -2.49. The minimum atomic E-state index is -0.119. The number of hydrogen-bond donors (Lipinski definition) is 2. The summed E-state index contributed by atoms with van der Waals surface area (Å²) in [6.45, 7) is 0. The molecule has 1 saturated carbocycles. The van der Waals surface area contributed by atoms with Crippen LogP contribution in [-0.2, 0) is 0 Å². The van der Waals surface area contributed by atoms with Crippen molar-refractivity contribution < 1.29 is 9.53 Å². The molecule has 0 heterocycles. The Morgan fingerprint density at radius 2 is 2.16 bits per heavy atom. The van der Waals surface area contributed by atoms with Gasteiger partial charge < -0.3 is 15.8 Å². The maximum absolute atomic E-state index is 12.3. The third-order valence-corrected chi connectivity index (χ3v) is 4.04. The number of halogens is 1. The summed E-state index contributed by atoms with van der Waals surface area (Å²) in [5.74, 6) is 0.447. The largest absolute Gasteiger partial charge is 0.496 e. The number of carbonyl (C=O) groups is 1. The molecule has 0 bridgehead atoms. The molecule has 1 aromatic rings. The van der Waals surface area contributed by atoms with E-state index in [1.54, 1.807) is 19.2 Å². The normalized spacial score (nSPS) is 22.9. The summed E-state index contributed by atoms with van der Waals surface area (Å²) in [6.07, 6.45) is 4.19. The lowest BCUT2D eigenvalue weighted by molar-refractivity contribution is 0.0918.